The number of rotatable bonds is 6. The molecule has 1 amide bonds. The van der Waals surface area contributed by atoms with Crippen molar-refractivity contribution in [1.29, 1.82) is 0 Å². The van der Waals surface area contributed by atoms with Gasteiger partial charge in [0.15, 0.2) is 0 Å². The van der Waals surface area contributed by atoms with E-state index in [1.165, 1.54) is 0 Å². The van der Waals surface area contributed by atoms with Crippen LogP contribution in [0.1, 0.15) is 43.6 Å². The fourth-order valence-corrected chi connectivity index (χ4v) is 4.73. The molecule has 1 aromatic rings. The van der Waals surface area contributed by atoms with Crippen molar-refractivity contribution in [3.63, 3.8) is 0 Å². The Morgan fingerprint density at radius 3 is 3.00 bits per heavy atom. The van der Waals surface area contributed by atoms with Crippen LogP contribution in [0.4, 0.5) is 0 Å². The summed E-state index contributed by atoms with van der Waals surface area (Å²) in [5.74, 6) is 1.28. The van der Waals surface area contributed by atoms with E-state index in [2.05, 4.69) is 12.2 Å². The Labute approximate surface area is 154 Å². The smallest absolute Gasteiger partial charge is 0.223 e. The average Bonchev–Trinajstić information content (AvgIpc) is 3.17. The number of nitrogens with zero attached hydrogens (tertiary/aromatic N) is 1. The Kier molecular flexibility index (Phi) is 6.87. The third-order valence-electron chi connectivity index (χ3n) is 5.60. The Morgan fingerprint density at radius 1 is 1.48 bits per heavy atom. The molecule has 0 aliphatic carbocycles. The van der Waals surface area contributed by atoms with Crippen molar-refractivity contribution in [1.82, 2.24) is 10.2 Å². The molecule has 0 saturated carbocycles. The van der Waals surface area contributed by atoms with Crippen molar-refractivity contribution in [3.8, 4) is 0 Å². The molecule has 6 heteroatoms. The first-order valence-electron chi connectivity index (χ1n) is 9.44. The van der Waals surface area contributed by atoms with Gasteiger partial charge in [0.1, 0.15) is 0 Å². The molecule has 0 radical (unpaired) electrons. The number of morpholine rings is 1. The van der Waals surface area contributed by atoms with Gasteiger partial charge in [0.05, 0.1) is 25.4 Å². The van der Waals surface area contributed by atoms with E-state index < -0.39 is 6.10 Å². The van der Waals surface area contributed by atoms with Gasteiger partial charge in [0, 0.05) is 24.3 Å². The zero-order valence-electron chi connectivity index (χ0n) is 15.0. The van der Waals surface area contributed by atoms with Gasteiger partial charge >= 0.3 is 0 Å². The van der Waals surface area contributed by atoms with Crippen LogP contribution in [-0.4, -0.2) is 54.8 Å². The number of piperidine rings is 1. The maximum atomic E-state index is 12.9. The number of aliphatic hydroxyl groups is 1. The predicted octanol–water partition coefficient (Wildman–Crippen LogP) is 2.42. The molecule has 5 nitrogen and oxygen atoms in total. The minimum absolute atomic E-state index is 0.0291. The molecule has 0 spiro atoms. The molecular weight excluding hydrogens is 336 g/mol. The van der Waals surface area contributed by atoms with E-state index in [9.17, 15) is 9.90 Å². The molecule has 3 rings (SSSR count). The zero-order chi connectivity index (χ0) is 17.6. The predicted molar refractivity (Wildman–Crippen MR) is 99.6 cm³/mol. The van der Waals surface area contributed by atoms with Crippen LogP contribution in [0.3, 0.4) is 0 Å². The van der Waals surface area contributed by atoms with E-state index in [4.69, 9.17) is 4.74 Å². The highest BCUT2D eigenvalue weighted by Crippen LogP contribution is 2.28. The number of nitrogens with one attached hydrogen (secondary N) is 1. The largest absolute Gasteiger partial charge is 0.387 e. The summed E-state index contributed by atoms with van der Waals surface area (Å²) in [6.07, 6.45) is 2.96. The van der Waals surface area contributed by atoms with Gasteiger partial charge in [-0.15, -0.1) is 11.3 Å². The SMILES string of the molecule is CC(CC(=O)N1CCOCC1CC(O)c1cccs1)C1CCNCC1. The molecule has 3 heterocycles. The van der Waals surface area contributed by atoms with Crippen molar-refractivity contribution in [2.45, 2.75) is 44.8 Å². The number of hydrogen-bond donors (Lipinski definition) is 2. The topological polar surface area (TPSA) is 61.8 Å². The molecule has 25 heavy (non-hydrogen) atoms. The Hall–Kier alpha value is -0.950. The van der Waals surface area contributed by atoms with Gasteiger partial charge in [-0.05, 0) is 49.2 Å². The fourth-order valence-electron chi connectivity index (χ4n) is 4.01. The molecule has 140 valence electrons. The molecular formula is C19H30N2O3S. The highest BCUT2D eigenvalue weighted by atomic mass is 32.1. The Morgan fingerprint density at radius 2 is 2.28 bits per heavy atom. The molecule has 3 atom stereocenters. The van der Waals surface area contributed by atoms with Crippen LogP contribution in [0, 0.1) is 11.8 Å². The van der Waals surface area contributed by atoms with Crippen LogP contribution in [0.5, 0.6) is 0 Å². The van der Waals surface area contributed by atoms with Crippen molar-refractivity contribution in [3.05, 3.63) is 22.4 Å². The number of hydrogen-bond acceptors (Lipinski definition) is 5. The Balaban J connectivity index is 1.56. The molecule has 2 saturated heterocycles. The Bertz CT molecular complexity index is 531. The number of amides is 1. The summed E-state index contributed by atoms with van der Waals surface area (Å²) >= 11 is 1.56. The molecule has 0 bridgehead atoms. The minimum atomic E-state index is -0.524. The number of carbonyl (C=O) groups is 1. The first-order chi connectivity index (χ1) is 12.1. The second kappa shape index (κ2) is 9.12. The second-order valence-electron chi connectivity index (χ2n) is 7.35. The number of ether oxygens (including phenoxy) is 1. The molecule has 2 aliphatic heterocycles. The standard InChI is InChI=1S/C19H30N2O3S/c1-14(15-4-6-20-7-5-15)11-19(23)21-8-9-24-13-16(21)12-17(22)18-3-2-10-25-18/h2-3,10,14-17,20,22H,4-9,11-13H2,1H3. The van der Waals surface area contributed by atoms with E-state index in [-0.39, 0.29) is 11.9 Å². The van der Waals surface area contributed by atoms with E-state index in [1.54, 1.807) is 11.3 Å². The zero-order valence-corrected chi connectivity index (χ0v) is 15.8. The minimum Gasteiger partial charge on any atom is -0.387 e. The average molecular weight is 367 g/mol. The summed E-state index contributed by atoms with van der Waals surface area (Å²) in [4.78, 5) is 15.8. The van der Waals surface area contributed by atoms with Crippen LogP contribution in [-0.2, 0) is 9.53 Å². The van der Waals surface area contributed by atoms with Crippen LogP contribution >= 0.6 is 11.3 Å². The summed E-state index contributed by atoms with van der Waals surface area (Å²) in [5.41, 5.74) is 0. The first-order valence-corrected chi connectivity index (χ1v) is 10.3. The summed E-state index contributed by atoms with van der Waals surface area (Å²) in [5, 5.41) is 15.8. The van der Waals surface area contributed by atoms with E-state index in [1.807, 2.05) is 22.4 Å². The quantitative estimate of drug-likeness (QED) is 0.812. The summed E-state index contributed by atoms with van der Waals surface area (Å²) < 4.78 is 5.59. The highest BCUT2D eigenvalue weighted by Gasteiger charge is 2.31. The van der Waals surface area contributed by atoms with Gasteiger partial charge in [-0.25, -0.2) is 0 Å². The lowest BCUT2D eigenvalue weighted by atomic mass is 9.83. The van der Waals surface area contributed by atoms with Gasteiger partial charge in [0.25, 0.3) is 0 Å². The third kappa shape index (κ3) is 5.03. The fraction of sp³-hybridized carbons (Fsp3) is 0.737. The molecule has 3 unspecified atom stereocenters. The van der Waals surface area contributed by atoms with Crippen molar-refractivity contribution >= 4 is 17.2 Å². The first kappa shape index (κ1) is 18.8. The van der Waals surface area contributed by atoms with Gasteiger partial charge < -0.3 is 20.1 Å². The number of aliphatic hydroxyl groups excluding tert-OH is 1. The van der Waals surface area contributed by atoms with Crippen LogP contribution in [0.15, 0.2) is 17.5 Å². The molecule has 2 fully saturated rings. The molecule has 0 aromatic carbocycles. The van der Waals surface area contributed by atoms with Crippen molar-refractivity contribution in [2.24, 2.45) is 11.8 Å². The maximum absolute atomic E-state index is 12.9. The lowest BCUT2D eigenvalue weighted by molar-refractivity contribution is -0.142. The highest BCUT2D eigenvalue weighted by molar-refractivity contribution is 7.10. The second-order valence-corrected chi connectivity index (χ2v) is 8.33. The summed E-state index contributed by atoms with van der Waals surface area (Å²) in [6.45, 7) is 6.10. The monoisotopic (exact) mass is 366 g/mol. The van der Waals surface area contributed by atoms with Crippen molar-refractivity contribution < 1.29 is 14.6 Å². The number of carbonyl (C=O) groups excluding carboxylic acids is 1. The van der Waals surface area contributed by atoms with E-state index >= 15 is 0 Å². The normalized spacial score (nSPS) is 24.9. The van der Waals surface area contributed by atoms with Crippen molar-refractivity contribution in [2.75, 3.05) is 32.8 Å². The lowest BCUT2D eigenvalue weighted by Gasteiger charge is -2.38. The van der Waals surface area contributed by atoms with Gasteiger partial charge in [-0.3, -0.25) is 4.79 Å². The summed E-state index contributed by atoms with van der Waals surface area (Å²) in [6, 6.07) is 3.87. The van der Waals surface area contributed by atoms with Gasteiger partial charge in [0.2, 0.25) is 5.91 Å². The van der Waals surface area contributed by atoms with Gasteiger partial charge in [-0.1, -0.05) is 13.0 Å². The third-order valence-corrected chi connectivity index (χ3v) is 6.57. The van der Waals surface area contributed by atoms with Crippen LogP contribution < -0.4 is 5.32 Å². The van der Waals surface area contributed by atoms with Gasteiger partial charge in [-0.2, -0.15) is 0 Å². The molecule has 2 aliphatic rings. The summed E-state index contributed by atoms with van der Waals surface area (Å²) in [7, 11) is 0. The van der Waals surface area contributed by atoms with E-state index in [0.29, 0.717) is 44.4 Å². The number of thiophene rings is 1. The van der Waals surface area contributed by atoms with Crippen LogP contribution in [0.25, 0.3) is 0 Å². The lowest BCUT2D eigenvalue weighted by Crippen LogP contribution is -2.49. The van der Waals surface area contributed by atoms with E-state index in [0.717, 1.165) is 30.8 Å². The molecule has 1 aromatic heterocycles. The van der Waals surface area contributed by atoms with Crippen LogP contribution in [0.2, 0.25) is 0 Å². The molecule has 2 N–H and O–H groups in total. The maximum Gasteiger partial charge on any atom is 0.223 e.